The van der Waals surface area contributed by atoms with Gasteiger partial charge in [-0.15, -0.1) is 0 Å². The molecule has 7 heteroatoms. The molecule has 2 aromatic carbocycles. The zero-order valence-corrected chi connectivity index (χ0v) is 14.9. The van der Waals surface area contributed by atoms with Crippen LogP contribution in [0.2, 0.25) is 0 Å². The molecule has 0 saturated heterocycles. The van der Waals surface area contributed by atoms with E-state index in [1.807, 2.05) is 22.9 Å². The first-order valence-corrected chi connectivity index (χ1v) is 8.65. The largest absolute Gasteiger partial charge is 0.339 e. The van der Waals surface area contributed by atoms with Crippen LogP contribution in [0.25, 0.3) is 27.6 Å². The molecule has 0 aliphatic carbocycles. The number of H-pyrrole nitrogens is 1. The number of rotatable bonds is 3. The van der Waals surface area contributed by atoms with Crippen LogP contribution in [0.5, 0.6) is 0 Å². The van der Waals surface area contributed by atoms with Gasteiger partial charge in [-0.05, 0) is 43.7 Å². The Kier molecular flexibility index (Phi) is 3.39. The highest BCUT2D eigenvalue weighted by Gasteiger charge is 2.13. The zero-order valence-electron chi connectivity index (χ0n) is 14.9. The molecule has 0 spiro atoms. The van der Waals surface area contributed by atoms with E-state index < -0.39 is 0 Å². The predicted octanol–water partition coefficient (Wildman–Crippen LogP) is 4.05. The number of nitrogens with zero attached hydrogens (tertiary/aromatic N) is 5. The Hall–Kier alpha value is -3.74. The molecule has 3 aromatic heterocycles. The molecule has 0 amide bonds. The van der Waals surface area contributed by atoms with Gasteiger partial charge in [0.05, 0.1) is 29.0 Å². The standard InChI is InChI=1S/C20H17N7/c1-12-3-6-18(13(2)7-12)27-20-16(10-24-27)19(21-11-22-20)25-15-4-5-17-14(8-15)9-23-26-17/h3-11H,1-2H3,(H,23,26)(H,21,22,25). The summed E-state index contributed by atoms with van der Waals surface area (Å²) in [6, 6.07) is 12.3. The van der Waals surface area contributed by atoms with Gasteiger partial charge < -0.3 is 5.32 Å². The molecule has 7 nitrogen and oxygen atoms in total. The number of hydrogen-bond acceptors (Lipinski definition) is 5. The number of nitrogens with one attached hydrogen (secondary N) is 2. The summed E-state index contributed by atoms with van der Waals surface area (Å²) in [5.41, 5.74) is 6.08. The summed E-state index contributed by atoms with van der Waals surface area (Å²) >= 11 is 0. The van der Waals surface area contributed by atoms with Crippen LogP contribution in [-0.4, -0.2) is 29.9 Å². The molecule has 27 heavy (non-hydrogen) atoms. The lowest BCUT2D eigenvalue weighted by atomic mass is 10.1. The van der Waals surface area contributed by atoms with E-state index in [0.29, 0.717) is 0 Å². The Morgan fingerprint density at radius 2 is 1.93 bits per heavy atom. The summed E-state index contributed by atoms with van der Waals surface area (Å²) in [6.07, 6.45) is 5.16. The summed E-state index contributed by atoms with van der Waals surface area (Å²) in [7, 11) is 0. The fourth-order valence-electron chi connectivity index (χ4n) is 3.32. The highest BCUT2D eigenvalue weighted by Crippen LogP contribution is 2.27. The molecule has 5 rings (SSSR count). The molecule has 0 fully saturated rings. The summed E-state index contributed by atoms with van der Waals surface area (Å²) in [5.74, 6) is 0.721. The van der Waals surface area contributed by atoms with Gasteiger partial charge in [0.25, 0.3) is 0 Å². The van der Waals surface area contributed by atoms with Gasteiger partial charge in [-0.1, -0.05) is 17.7 Å². The first kappa shape index (κ1) is 15.5. The van der Waals surface area contributed by atoms with Crippen LogP contribution in [0.3, 0.4) is 0 Å². The van der Waals surface area contributed by atoms with Gasteiger partial charge in [0.15, 0.2) is 5.65 Å². The maximum Gasteiger partial charge on any atom is 0.168 e. The van der Waals surface area contributed by atoms with Gasteiger partial charge in [-0.2, -0.15) is 10.2 Å². The molecule has 0 aliphatic heterocycles. The van der Waals surface area contributed by atoms with Crippen molar-refractivity contribution in [2.24, 2.45) is 0 Å². The molecular formula is C20H17N7. The van der Waals surface area contributed by atoms with E-state index in [-0.39, 0.29) is 0 Å². The third-order valence-electron chi connectivity index (χ3n) is 4.65. The van der Waals surface area contributed by atoms with Gasteiger partial charge in [0, 0.05) is 11.1 Å². The zero-order chi connectivity index (χ0) is 18.4. The second kappa shape index (κ2) is 5.91. The molecule has 0 aliphatic rings. The third-order valence-corrected chi connectivity index (χ3v) is 4.65. The van der Waals surface area contributed by atoms with E-state index in [9.17, 15) is 0 Å². The smallest absolute Gasteiger partial charge is 0.168 e. The van der Waals surface area contributed by atoms with Crippen molar-refractivity contribution in [3.63, 3.8) is 0 Å². The first-order chi connectivity index (χ1) is 13.2. The average molecular weight is 355 g/mol. The average Bonchev–Trinajstić information content (AvgIpc) is 3.29. The van der Waals surface area contributed by atoms with Crippen LogP contribution >= 0.6 is 0 Å². The number of aryl methyl sites for hydroxylation is 2. The van der Waals surface area contributed by atoms with Crippen LogP contribution in [0, 0.1) is 13.8 Å². The normalized spacial score (nSPS) is 11.3. The maximum atomic E-state index is 4.56. The van der Waals surface area contributed by atoms with Crippen molar-refractivity contribution < 1.29 is 0 Å². The maximum absolute atomic E-state index is 4.56. The van der Waals surface area contributed by atoms with Gasteiger partial charge >= 0.3 is 0 Å². The van der Waals surface area contributed by atoms with Crippen LogP contribution in [0.1, 0.15) is 11.1 Å². The molecule has 0 atom stereocenters. The minimum absolute atomic E-state index is 0.721. The van der Waals surface area contributed by atoms with Crippen molar-refractivity contribution in [3.8, 4) is 5.69 Å². The van der Waals surface area contributed by atoms with Crippen molar-refractivity contribution >= 4 is 33.4 Å². The Labute approximate surface area is 155 Å². The van der Waals surface area contributed by atoms with Gasteiger partial charge in [0.2, 0.25) is 0 Å². The number of anilines is 2. The topological polar surface area (TPSA) is 84.3 Å². The predicted molar refractivity (Wildman–Crippen MR) is 106 cm³/mol. The van der Waals surface area contributed by atoms with E-state index in [1.165, 1.54) is 5.56 Å². The van der Waals surface area contributed by atoms with Crippen LogP contribution in [-0.2, 0) is 0 Å². The molecule has 0 bridgehead atoms. The summed E-state index contributed by atoms with van der Waals surface area (Å²) in [6.45, 7) is 4.16. The number of aromatic amines is 1. The van der Waals surface area contributed by atoms with E-state index >= 15 is 0 Å². The Bertz CT molecular complexity index is 1280. The second-order valence-corrected chi connectivity index (χ2v) is 6.60. The van der Waals surface area contributed by atoms with Crippen LogP contribution in [0.4, 0.5) is 11.5 Å². The monoisotopic (exact) mass is 355 g/mol. The highest BCUT2D eigenvalue weighted by atomic mass is 15.3. The Morgan fingerprint density at radius 3 is 2.81 bits per heavy atom. The number of hydrogen-bond donors (Lipinski definition) is 2. The van der Waals surface area contributed by atoms with Crippen LogP contribution < -0.4 is 5.32 Å². The van der Waals surface area contributed by atoms with E-state index in [1.54, 1.807) is 18.7 Å². The lowest BCUT2D eigenvalue weighted by Crippen LogP contribution is -2.01. The van der Waals surface area contributed by atoms with Crippen molar-refractivity contribution in [1.29, 1.82) is 0 Å². The Morgan fingerprint density at radius 1 is 1.00 bits per heavy atom. The SMILES string of the molecule is Cc1ccc(-n2ncc3c(Nc4ccc5[nH]ncc5c4)ncnc32)c(C)c1. The van der Waals surface area contributed by atoms with Crippen molar-refractivity contribution in [2.75, 3.05) is 5.32 Å². The highest BCUT2D eigenvalue weighted by molar-refractivity contribution is 5.90. The van der Waals surface area contributed by atoms with Gasteiger partial charge in [-0.25, -0.2) is 14.6 Å². The minimum Gasteiger partial charge on any atom is -0.339 e. The molecule has 132 valence electrons. The molecular weight excluding hydrogens is 338 g/mol. The molecule has 2 N–H and O–H groups in total. The molecule has 5 aromatic rings. The molecule has 0 radical (unpaired) electrons. The molecule has 3 heterocycles. The lowest BCUT2D eigenvalue weighted by molar-refractivity contribution is 0.886. The number of aromatic nitrogens is 6. The van der Waals surface area contributed by atoms with E-state index in [4.69, 9.17) is 0 Å². The van der Waals surface area contributed by atoms with Gasteiger partial charge in [0.1, 0.15) is 12.1 Å². The molecule has 0 saturated carbocycles. The number of benzene rings is 2. The second-order valence-electron chi connectivity index (χ2n) is 6.60. The molecule has 0 unspecified atom stereocenters. The van der Waals surface area contributed by atoms with Crippen molar-refractivity contribution in [3.05, 3.63) is 66.2 Å². The van der Waals surface area contributed by atoms with E-state index in [0.717, 1.165) is 44.7 Å². The van der Waals surface area contributed by atoms with Gasteiger partial charge in [-0.3, -0.25) is 5.10 Å². The summed E-state index contributed by atoms with van der Waals surface area (Å²) < 4.78 is 1.86. The first-order valence-electron chi connectivity index (χ1n) is 8.65. The van der Waals surface area contributed by atoms with Crippen molar-refractivity contribution in [2.45, 2.75) is 13.8 Å². The lowest BCUT2D eigenvalue weighted by Gasteiger charge is -2.09. The fourth-order valence-corrected chi connectivity index (χ4v) is 3.32. The minimum atomic E-state index is 0.721. The summed E-state index contributed by atoms with van der Waals surface area (Å²) in [5, 5.41) is 16.8. The fraction of sp³-hybridized carbons (Fsp3) is 0.100. The third kappa shape index (κ3) is 2.60. The van der Waals surface area contributed by atoms with Crippen LogP contribution in [0.15, 0.2) is 55.1 Å². The van der Waals surface area contributed by atoms with Crippen molar-refractivity contribution in [1.82, 2.24) is 29.9 Å². The number of fused-ring (bicyclic) bond motifs is 2. The Balaban J connectivity index is 1.59. The quantitative estimate of drug-likeness (QED) is 0.510. The van der Waals surface area contributed by atoms with E-state index in [2.05, 4.69) is 62.6 Å². The summed E-state index contributed by atoms with van der Waals surface area (Å²) in [4.78, 5) is 8.87.